The van der Waals surface area contributed by atoms with E-state index in [9.17, 15) is 9.59 Å². The standard InChI is InChI=1S/C18H18N2O2S2/c1-4-23-16-15(14-9-6-10-24-14)17(21)20(18(16)22)13-8-5-7-12(11-13)19(2)3/h5-11H,4H2,1-3H3. The molecule has 2 aromatic rings. The summed E-state index contributed by atoms with van der Waals surface area (Å²) in [4.78, 5) is 30.5. The summed E-state index contributed by atoms with van der Waals surface area (Å²) in [6.45, 7) is 1.98. The van der Waals surface area contributed by atoms with E-state index in [1.807, 2.05) is 61.6 Å². The lowest BCUT2D eigenvalue weighted by Crippen LogP contribution is -2.31. The maximum Gasteiger partial charge on any atom is 0.272 e. The van der Waals surface area contributed by atoms with E-state index in [2.05, 4.69) is 0 Å². The van der Waals surface area contributed by atoms with E-state index >= 15 is 0 Å². The summed E-state index contributed by atoms with van der Waals surface area (Å²) in [6, 6.07) is 11.3. The number of amides is 2. The zero-order valence-electron chi connectivity index (χ0n) is 13.8. The molecule has 0 aliphatic carbocycles. The van der Waals surface area contributed by atoms with Gasteiger partial charge in [0.05, 0.1) is 16.2 Å². The predicted octanol–water partition coefficient (Wildman–Crippen LogP) is 3.85. The molecule has 24 heavy (non-hydrogen) atoms. The zero-order valence-corrected chi connectivity index (χ0v) is 15.4. The van der Waals surface area contributed by atoms with Crippen LogP contribution in [0.15, 0.2) is 46.7 Å². The summed E-state index contributed by atoms with van der Waals surface area (Å²) < 4.78 is 0. The van der Waals surface area contributed by atoms with E-state index < -0.39 is 0 Å². The van der Waals surface area contributed by atoms with Crippen LogP contribution < -0.4 is 9.80 Å². The quantitative estimate of drug-likeness (QED) is 0.761. The van der Waals surface area contributed by atoms with Gasteiger partial charge in [0.1, 0.15) is 0 Å². The Hall–Kier alpha value is -2.05. The van der Waals surface area contributed by atoms with Crippen molar-refractivity contribution in [1.82, 2.24) is 0 Å². The van der Waals surface area contributed by atoms with E-state index in [0.29, 0.717) is 16.2 Å². The lowest BCUT2D eigenvalue weighted by atomic mass is 10.2. The van der Waals surface area contributed by atoms with Gasteiger partial charge in [-0.2, -0.15) is 0 Å². The molecular weight excluding hydrogens is 340 g/mol. The first-order valence-corrected chi connectivity index (χ1v) is 9.48. The molecule has 0 radical (unpaired) electrons. The highest BCUT2D eigenvalue weighted by molar-refractivity contribution is 8.04. The Labute approximate surface area is 149 Å². The first kappa shape index (κ1) is 16.8. The zero-order chi connectivity index (χ0) is 17.3. The van der Waals surface area contributed by atoms with Crippen LogP contribution in [0.3, 0.4) is 0 Å². The van der Waals surface area contributed by atoms with Gasteiger partial charge in [0, 0.05) is 24.7 Å². The largest absolute Gasteiger partial charge is 0.378 e. The average Bonchev–Trinajstić information content (AvgIpc) is 3.15. The highest BCUT2D eigenvalue weighted by Crippen LogP contribution is 2.40. The van der Waals surface area contributed by atoms with Crippen molar-refractivity contribution in [1.29, 1.82) is 0 Å². The molecule has 4 nitrogen and oxygen atoms in total. The third-order valence-corrected chi connectivity index (χ3v) is 5.55. The molecule has 0 atom stereocenters. The number of benzene rings is 1. The molecule has 1 aromatic heterocycles. The van der Waals surface area contributed by atoms with Crippen LogP contribution in [0.2, 0.25) is 0 Å². The van der Waals surface area contributed by atoms with Gasteiger partial charge in [-0.1, -0.05) is 19.1 Å². The van der Waals surface area contributed by atoms with Crippen LogP contribution in [0.5, 0.6) is 0 Å². The number of thioether (sulfide) groups is 1. The van der Waals surface area contributed by atoms with E-state index in [1.54, 1.807) is 6.07 Å². The molecule has 0 unspecified atom stereocenters. The Morgan fingerprint density at radius 2 is 1.92 bits per heavy atom. The fourth-order valence-corrected chi connectivity index (χ4v) is 4.25. The number of carbonyl (C=O) groups is 2. The van der Waals surface area contributed by atoms with Gasteiger partial charge in [-0.15, -0.1) is 23.1 Å². The van der Waals surface area contributed by atoms with Crippen LogP contribution in [-0.4, -0.2) is 31.7 Å². The molecule has 1 aliphatic heterocycles. The van der Waals surface area contributed by atoms with Gasteiger partial charge in [0.15, 0.2) is 0 Å². The van der Waals surface area contributed by atoms with Gasteiger partial charge >= 0.3 is 0 Å². The number of carbonyl (C=O) groups excluding carboxylic acids is 2. The Balaban J connectivity index is 2.06. The molecule has 0 bridgehead atoms. The average molecular weight is 358 g/mol. The van der Waals surface area contributed by atoms with Crippen LogP contribution in [0, 0.1) is 0 Å². The summed E-state index contributed by atoms with van der Waals surface area (Å²) in [7, 11) is 3.86. The predicted molar refractivity (Wildman–Crippen MR) is 103 cm³/mol. The lowest BCUT2D eigenvalue weighted by Gasteiger charge is -2.18. The van der Waals surface area contributed by atoms with Crippen molar-refractivity contribution in [3.8, 4) is 0 Å². The van der Waals surface area contributed by atoms with E-state index in [0.717, 1.165) is 16.3 Å². The summed E-state index contributed by atoms with van der Waals surface area (Å²) in [5.41, 5.74) is 2.08. The summed E-state index contributed by atoms with van der Waals surface area (Å²) in [5, 5.41) is 1.92. The second-order valence-electron chi connectivity index (χ2n) is 5.47. The lowest BCUT2D eigenvalue weighted by molar-refractivity contribution is -0.119. The minimum absolute atomic E-state index is 0.230. The molecule has 3 rings (SSSR count). The van der Waals surface area contributed by atoms with Gasteiger partial charge in [-0.3, -0.25) is 9.59 Å². The van der Waals surface area contributed by atoms with Crippen molar-refractivity contribution >= 4 is 51.9 Å². The molecule has 2 amide bonds. The Bertz CT molecular complexity index is 810. The van der Waals surface area contributed by atoms with E-state index in [1.165, 1.54) is 28.0 Å². The third-order valence-electron chi connectivity index (χ3n) is 3.70. The van der Waals surface area contributed by atoms with Crippen LogP contribution in [0.1, 0.15) is 11.8 Å². The topological polar surface area (TPSA) is 40.6 Å². The van der Waals surface area contributed by atoms with Crippen LogP contribution >= 0.6 is 23.1 Å². The molecule has 6 heteroatoms. The van der Waals surface area contributed by atoms with E-state index in [-0.39, 0.29) is 11.8 Å². The normalized spacial score (nSPS) is 14.7. The van der Waals surface area contributed by atoms with Crippen LogP contribution in [-0.2, 0) is 9.59 Å². The maximum atomic E-state index is 13.0. The monoisotopic (exact) mass is 358 g/mol. The first-order valence-electron chi connectivity index (χ1n) is 7.61. The van der Waals surface area contributed by atoms with Crippen molar-refractivity contribution in [3.63, 3.8) is 0 Å². The minimum Gasteiger partial charge on any atom is -0.378 e. The molecule has 0 N–H and O–H groups in total. The van der Waals surface area contributed by atoms with Crippen molar-refractivity contribution in [3.05, 3.63) is 51.6 Å². The van der Waals surface area contributed by atoms with Crippen molar-refractivity contribution < 1.29 is 9.59 Å². The molecule has 0 spiro atoms. The minimum atomic E-state index is -0.241. The number of hydrogen-bond donors (Lipinski definition) is 0. The van der Waals surface area contributed by atoms with Gasteiger partial charge in [0.25, 0.3) is 11.8 Å². The van der Waals surface area contributed by atoms with Crippen molar-refractivity contribution in [2.75, 3.05) is 29.6 Å². The summed E-state index contributed by atoms with van der Waals surface area (Å²) in [6.07, 6.45) is 0. The molecule has 1 aromatic carbocycles. The number of imide groups is 1. The van der Waals surface area contributed by atoms with Crippen LogP contribution in [0.4, 0.5) is 11.4 Å². The molecule has 0 saturated carbocycles. The van der Waals surface area contributed by atoms with E-state index in [4.69, 9.17) is 0 Å². The fourth-order valence-electron chi connectivity index (χ4n) is 2.57. The van der Waals surface area contributed by atoms with Gasteiger partial charge in [-0.25, -0.2) is 4.90 Å². The second kappa shape index (κ2) is 6.83. The number of hydrogen-bond acceptors (Lipinski definition) is 5. The molecule has 124 valence electrons. The highest BCUT2D eigenvalue weighted by atomic mass is 32.2. The Morgan fingerprint density at radius 3 is 2.54 bits per heavy atom. The van der Waals surface area contributed by atoms with Gasteiger partial charge in [-0.05, 0) is 35.4 Å². The maximum absolute atomic E-state index is 13.0. The highest BCUT2D eigenvalue weighted by Gasteiger charge is 2.40. The Kier molecular flexibility index (Phi) is 4.78. The van der Waals surface area contributed by atoms with Gasteiger partial charge in [0.2, 0.25) is 0 Å². The van der Waals surface area contributed by atoms with Crippen LogP contribution in [0.25, 0.3) is 5.57 Å². The summed E-state index contributed by atoms with van der Waals surface area (Å²) in [5.74, 6) is 0.273. The Morgan fingerprint density at radius 1 is 1.12 bits per heavy atom. The molecule has 0 fully saturated rings. The van der Waals surface area contributed by atoms with Crippen molar-refractivity contribution in [2.45, 2.75) is 6.92 Å². The SMILES string of the molecule is CCSC1=C(c2cccs2)C(=O)N(c2cccc(N(C)C)c2)C1=O. The van der Waals surface area contributed by atoms with Gasteiger partial charge < -0.3 is 4.90 Å². The summed E-state index contributed by atoms with van der Waals surface area (Å²) >= 11 is 2.91. The smallest absolute Gasteiger partial charge is 0.272 e. The molecule has 0 saturated heterocycles. The second-order valence-corrected chi connectivity index (χ2v) is 7.70. The molecule has 1 aliphatic rings. The fraction of sp³-hybridized carbons (Fsp3) is 0.222. The van der Waals surface area contributed by atoms with Crippen molar-refractivity contribution in [2.24, 2.45) is 0 Å². The first-order chi connectivity index (χ1) is 11.5. The number of nitrogens with zero attached hydrogens (tertiary/aromatic N) is 2. The number of rotatable bonds is 5. The third kappa shape index (κ3) is 2.87. The number of anilines is 2. The molecular formula is C18H18N2O2S2. The molecule has 2 heterocycles. The number of thiophene rings is 1.